The van der Waals surface area contributed by atoms with Gasteiger partial charge >= 0.3 is 0 Å². The lowest BCUT2D eigenvalue weighted by molar-refractivity contribution is 0.150. The largest absolute Gasteiger partial charge is 0.644 e. The molecular weight excluding hydrogens is 445 g/mol. The van der Waals surface area contributed by atoms with Crippen molar-refractivity contribution in [3.8, 4) is 0 Å². The highest BCUT2D eigenvalue weighted by atomic mass is 31.1. The highest BCUT2D eigenvalue weighted by molar-refractivity contribution is 7.77. The first-order valence-electron chi connectivity index (χ1n) is 11.9. The van der Waals surface area contributed by atoms with Crippen LogP contribution in [0.2, 0.25) is 0 Å². The van der Waals surface area contributed by atoms with Gasteiger partial charge < -0.3 is 10.1 Å². The lowest BCUT2D eigenvalue weighted by Gasteiger charge is -2.27. The van der Waals surface area contributed by atoms with Crippen molar-refractivity contribution in [3.05, 3.63) is 173 Å². The Morgan fingerprint density at radius 2 is 1.11 bits per heavy atom. The summed E-state index contributed by atoms with van der Waals surface area (Å²) in [5.41, 5.74) is 3.39. The maximum absolute atomic E-state index is 6.68. The molecule has 0 amide bonds. The van der Waals surface area contributed by atoms with Crippen molar-refractivity contribution in [2.75, 3.05) is 0 Å². The molecule has 0 aromatic heterocycles. The number of benzene rings is 4. The van der Waals surface area contributed by atoms with Gasteiger partial charge in [-0.3, -0.25) is 0 Å². The molecule has 4 aromatic rings. The van der Waals surface area contributed by atoms with E-state index in [4.69, 9.17) is 10.1 Å². The molecule has 2 nitrogen and oxygen atoms in total. The van der Waals surface area contributed by atoms with Crippen LogP contribution in [0.15, 0.2) is 156 Å². The van der Waals surface area contributed by atoms with Crippen molar-refractivity contribution in [1.29, 1.82) is 0 Å². The molecule has 170 valence electrons. The molecule has 3 heteroatoms. The van der Waals surface area contributed by atoms with Crippen LogP contribution in [-0.2, 0) is 4.74 Å². The second kappa shape index (κ2) is 9.78. The molecule has 0 unspecified atom stereocenters. The molecule has 0 spiro atoms. The van der Waals surface area contributed by atoms with Crippen LogP contribution in [0.3, 0.4) is 0 Å². The molecule has 2 aliphatic rings. The molecule has 0 bridgehead atoms. The first-order valence-corrected chi connectivity index (χ1v) is 13.2. The van der Waals surface area contributed by atoms with E-state index in [2.05, 4.69) is 127 Å². The summed E-state index contributed by atoms with van der Waals surface area (Å²) in [6.07, 6.45) is 6.37. The van der Waals surface area contributed by atoms with Crippen LogP contribution in [0.25, 0.3) is 5.32 Å². The average Bonchev–Trinajstić information content (AvgIpc) is 3.59. The molecule has 1 saturated heterocycles. The highest BCUT2D eigenvalue weighted by Crippen LogP contribution is 2.55. The molecule has 1 fully saturated rings. The summed E-state index contributed by atoms with van der Waals surface area (Å²) in [6.45, 7) is 0. The second-order valence-electron chi connectivity index (χ2n) is 8.57. The van der Waals surface area contributed by atoms with E-state index in [1.54, 1.807) is 0 Å². The van der Waals surface area contributed by atoms with Crippen molar-refractivity contribution >= 4 is 18.5 Å². The van der Waals surface area contributed by atoms with Gasteiger partial charge in [-0.15, -0.1) is 0 Å². The first-order chi connectivity index (χ1) is 17.4. The van der Waals surface area contributed by atoms with E-state index in [-0.39, 0.29) is 12.1 Å². The van der Waals surface area contributed by atoms with Crippen LogP contribution in [0, 0.1) is 0 Å². The lowest BCUT2D eigenvalue weighted by Crippen LogP contribution is -2.13. The number of hydrogen-bond acceptors (Lipinski definition) is 1. The van der Waals surface area contributed by atoms with Crippen LogP contribution < -0.4 is 10.6 Å². The molecule has 0 N–H and O–H groups in total. The smallest absolute Gasteiger partial charge is 0.112 e. The van der Waals surface area contributed by atoms with Crippen LogP contribution in [0.5, 0.6) is 0 Å². The SMILES string of the molecule is C1=C/C(=C2/[N-][C@@H](c3ccccc3)[C@@H](c3ccccc3)O2)C(P(c2ccccc2)c2ccccc2)=C1. The fourth-order valence-electron chi connectivity index (χ4n) is 4.70. The standard InChI is InChI=1S/C32H25NOP/c1-5-14-24(15-6-1)30-31(25-16-7-2-8-17-25)34-32(33-30)28-22-13-23-29(28)35(26-18-9-3-10-19-26)27-20-11-4-12-21-27/h1-23,30-31H/q-1/b32-28+/t30-,31+/m0/s1. The molecular formula is C32H25NOP-. The van der Waals surface area contributed by atoms with Gasteiger partial charge in [-0.1, -0.05) is 145 Å². The van der Waals surface area contributed by atoms with Crippen LogP contribution in [0.4, 0.5) is 0 Å². The van der Waals surface area contributed by atoms with Crippen LogP contribution in [0.1, 0.15) is 23.3 Å². The number of nitrogens with zero attached hydrogens (tertiary/aromatic N) is 1. The summed E-state index contributed by atoms with van der Waals surface area (Å²) in [6, 6.07) is 42.4. The first kappa shape index (κ1) is 21.6. The molecule has 6 rings (SSSR count). The molecule has 1 aliphatic carbocycles. The van der Waals surface area contributed by atoms with Crippen molar-refractivity contribution in [2.45, 2.75) is 12.1 Å². The van der Waals surface area contributed by atoms with Crippen molar-refractivity contribution in [3.63, 3.8) is 0 Å². The van der Waals surface area contributed by atoms with E-state index < -0.39 is 7.92 Å². The number of hydrogen-bond donors (Lipinski definition) is 0. The minimum atomic E-state index is -0.744. The molecule has 0 radical (unpaired) electrons. The van der Waals surface area contributed by atoms with Gasteiger partial charge in [0.2, 0.25) is 0 Å². The summed E-state index contributed by atoms with van der Waals surface area (Å²) in [4.78, 5) is 0. The van der Waals surface area contributed by atoms with Crippen LogP contribution >= 0.6 is 7.92 Å². The van der Waals surface area contributed by atoms with Crippen LogP contribution in [-0.4, -0.2) is 0 Å². The molecule has 2 atom stereocenters. The Balaban J connectivity index is 1.43. The van der Waals surface area contributed by atoms with Gasteiger partial charge in [-0.2, -0.15) is 0 Å². The average molecular weight is 471 g/mol. The van der Waals surface area contributed by atoms with E-state index >= 15 is 0 Å². The normalized spacial score (nSPS) is 21.0. The summed E-state index contributed by atoms with van der Waals surface area (Å²) < 4.78 is 6.68. The van der Waals surface area contributed by atoms with Gasteiger partial charge in [-0.25, -0.2) is 0 Å². The highest BCUT2D eigenvalue weighted by Gasteiger charge is 2.30. The quantitative estimate of drug-likeness (QED) is 0.275. The topological polar surface area (TPSA) is 23.3 Å². The third kappa shape index (κ3) is 4.34. The van der Waals surface area contributed by atoms with Crippen molar-refractivity contribution in [2.24, 2.45) is 0 Å². The van der Waals surface area contributed by atoms with Gasteiger partial charge in [0.05, 0.1) is 0 Å². The zero-order valence-corrected chi connectivity index (χ0v) is 20.1. The second-order valence-corrected chi connectivity index (χ2v) is 10.8. The van der Waals surface area contributed by atoms with Gasteiger partial charge in [0, 0.05) is 11.5 Å². The molecule has 1 heterocycles. The number of ether oxygens (including phenoxy) is 1. The van der Waals surface area contributed by atoms with E-state index in [0.717, 1.165) is 22.6 Å². The summed E-state index contributed by atoms with van der Waals surface area (Å²) in [7, 11) is -0.744. The van der Waals surface area contributed by atoms with E-state index in [0.29, 0.717) is 0 Å². The van der Waals surface area contributed by atoms with E-state index in [1.165, 1.54) is 15.9 Å². The van der Waals surface area contributed by atoms with Gasteiger partial charge in [0.25, 0.3) is 0 Å². The minimum absolute atomic E-state index is 0.0870. The zero-order valence-electron chi connectivity index (χ0n) is 19.2. The minimum Gasteiger partial charge on any atom is -0.644 e. The zero-order chi connectivity index (χ0) is 23.5. The Morgan fingerprint density at radius 3 is 1.69 bits per heavy atom. The summed E-state index contributed by atoms with van der Waals surface area (Å²) >= 11 is 0. The Morgan fingerprint density at radius 1 is 0.600 bits per heavy atom. The molecule has 4 aromatic carbocycles. The maximum Gasteiger partial charge on any atom is 0.112 e. The molecule has 35 heavy (non-hydrogen) atoms. The van der Waals surface area contributed by atoms with E-state index in [1.807, 2.05) is 12.1 Å². The van der Waals surface area contributed by atoms with Crippen molar-refractivity contribution in [1.82, 2.24) is 0 Å². The predicted octanol–water partition coefficient (Wildman–Crippen LogP) is 7.67. The fourth-order valence-corrected chi connectivity index (χ4v) is 7.14. The van der Waals surface area contributed by atoms with Gasteiger partial charge in [0.15, 0.2) is 0 Å². The number of allylic oxidation sites excluding steroid dienone is 5. The Kier molecular flexibility index (Phi) is 6.05. The van der Waals surface area contributed by atoms with Gasteiger partial charge in [-0.05, 0) is 35.5 Å². The Labute approximate surface area is 208 Å². The lowest BCUT2D eigenvalue weighted by atomic mass is 9.97. The number of rotatable bonds is 5. The third-order valence-electron chi connectivity index (χ3n) is 6.34. The summed E-state index contributed by atoms with van der Waals surface area (Å²) in [5.74, 6) is 0.729. The summed E-state index contributed by atoms with van der Waals surface area (Å²) in [5, 5.41) is 9.11. The Bertz CT molecular complexity index is 1290. The fraction of sp³-hybridized carbons (Fsp3) is 0.0625. The predicted molar refractivity (Wildman–Crippen MR) is 146 cm³/mol. The van der Waals surface area contributed by atoms with Gasteiger partial charge in [0.1, 0.15) is 6.10 Å². The molecule has 0 saturated carbocycles. The molecule has 1 aliphatic heterocycles. The Hall–Kier alpha value is -3.87. The monoisotopic (exact) mass is 470 g/mol. The van der Waals surface area contributed by atoms with E-state index in [9.17, 15) is 0 Å². The third-order valence-corrected chi connectivity index (χ3v) is 8.84. The van der Waals surface area contributed by atoms with Crippen molar-refractivity contribution < 1.29 is 4.74 Å². The maximum atomic E-state index is 6.68.